The fourth-order valence-corrected chi connectivity index (χ4v) is 2.51. The second-order valence-corrected chi connectivity index (χ2v) is 4.60. The minimum absolute atomic E-state index is 0.329. The zero-order valence-electron chi connectivity index (χ0n) is 11.6. The summed E-state index contributed by atoms with van der Waals surface area (Å²) in [6.07, 6.45) is 3.00. The first kappa shape index (κ1) is 13.2. The van der Waals surface area contributed by atoms with Crippen molar-refractivity contribution in [3.05, 3.63) is 54.0 Å². The molecule has 1 aromatic heterocycles. The lowest BCUT2D eigenvalue weighted by molar-refractivity contribution is -0.122. The van der Waals surface area contributed by atoms with Gasteiger partial charge in [0.2, 0.25) is 5.91 Å². The van der Waals surface area contributed by atoms with Gasteiger partial charge in [-0.1, -0.05) is 18.2 Å². The molecule has 5 nitrogen and oxygen atoms in total. The molecule has 1 aliphatic rings. The summed E-state index contributed by atoms with van der Waals surface area (Å²) in [6.45, 7) is 1.36. The minimum Gasteiger partial charge on any atom is -0.495 e. The van der Waals surface area contributed by atoms with Crippen LogP contribution in [0, 0.1) is 0 Å². The second-order valence-electron chi connectivity index (χ2n) is 4.60. The fraction of sp³-hybridized carbons (Fsp3) is 0.125. The maximum absolute atomic E-state index is 12.6. The van der Waals surface area contributed by atoms with E-state index in [1.54, 1.807) is 24.3 Å². The number of carbonyl (C=O) groups is 2. The smallest absolute Gasteiger partial charge is 0.269 e. The molecule has 21 heavy (non-hydrogen) atoms. The number of imide groups is 1. The Balaban J connectivity index is 2.28. The Morgan fingerprint density at radius 3 is 2.62 bits per heavy atom. The van der Waals surface area contributed by atoms with Gasteiger partial charge in [-0.15, -0.1) is 0 Å². The summed E-state index contributed by atoms with van der Waals surface area (Å²) in [5.41, 5.74) is 2.27. The van der Waals surface area contributed by atoms with Crippen molar-refractivity contribution in [1.29, 1.82) is 0 Å². The Labute approximate surface area is 121 Å². The van der Waals surface area contributed by atoms with Gasteiger partial charge >= 0.3 is 0 Å². The van der Waals surface area contributed by atoms with Crippen LogP contribution in [0.1, 0.15) is 18.1 Å². The van der Waals surface area contributed by atoms with Crippen LogP contribution >= 0.6 is 0 Å². The Morgan fingerprint density at radius 1 is 1.24 bits per heavy atom. The van der Waals surface area contributed by atoms with Gasteiger partial charge < -0.3 is 9.15 Å². The average molecular weight is 283 g/mol. The van der Waals surface area contributed by atoms with E-state index in [4.69, 9.17) is 9.15 Å². The molecule has 0 fully saturated rings. The summed E-state index contributed by atoms with van der Waals surface area (Å²) in [5, 5.41) is 0. The van der Waals surface area contributed by atoms with E-state index >= 15 is 0 Å². The Kier molecular flexibility index (Phi) is 3.10. The number of hydrogen-bond acceptors (Lipinski definition) is 4. The SMILES string of the molecule is CO/C(=C1/C(=O)N(C(C)=O)c2ccccc21)c1ccoc1. The highest BCUT2D eigenvalue weighted by molar-refractivity contribution is 6.42. The van der Waals surface area contributed by atoms with Crippen LogP contribution in [0.3, 0.4) is 0 Å². The first-order valence-corrected chi connectivity index (χ1v) is 6.40. The van der Waals surface area contributed by atoms with E-state index in [1.807, 2.05) is 6.07 Å². The molecule has 2 aromatic rings. The van der Waals surface area contributed by atoms with E-state index in [-0.39, 0.29) is 11.8 Å². The molecule has 0 saturated carbocycles. The number of ether oxygens (including phenoxy) is 1. The molecule has 0 radical (unpaired) electrons. The van der Waals surface area contributed by atoms with Crippen molar-refractivity contribution in [2.45, 2.75) is 6.92 Å². The molecule has 2 amide bonds. The molecule has 1 aliphatic heterocycles. The topological polar surface area (TPSA) is 59.8 Å². The number of hydrogen-bond donors (Lipinski definition) is 0. The summed E-state index contributed by atoms with van der Waals surface area (Å²) in [7, 11) is 1.49. The number of nitrogens with zero attached hydrogens (tertiary/aromatic N) is 1. The highest BCUT2D eigenvalue weighted by atomic mass is 16.5. The molecule has 0 spiro atoms. The van der Waals surface area contributed by atoms with Gasteiger partial charge in [0.1, 0.15) is 12.0 Å². The zero-order valence-corrected chi connectivity index (χ0v) is 11.6. The molecule has 2 heterocycles. The Hall–Kier alpha value is -2.82. The van der Waals surface area contributed by atoms with Crippen molar-refractivity contribution in [2.75, 3.05) is 12.0 Å². The highest BCUT2D eigenvalue weighted by Crippen LogP contribution is 2.40. The number of fused-ring (bicyclic) bond motifs is 1. The Morgan fingerprint density at radius 2 is 2.00 bits per heavy atom. The van der Waals surface area contributed by atoms with E-state index in [2.05, 4.69) is 0 Å². The number of methoxy groups -OCH3 is 1. The normalized spacial score (nSPS) is 15.9. The van der Waals surface area contributed by atoms with Gasteiger partial charge in [-0.3, -0.25) is 9.59 Å². The van der Waals surface area contributed by atoms with Gasteiger partial charge in [-0.25, -0.2) is 4.90 Å². The third kappa shape index (κ3) is 1.94. The highest BCUT2D eigenvalue weighted by Gasteiger charge is 2.37. The van der Waals surface area contributed by atoms with Crippen LogP contribution in [0.25, 0.3) is 11.3 Å². The van der Waals surface area contributed by atoms with Gasteiger partial charge in [-0.05, 0) is 12.1 Å². The predicted octanol–water partition coefficient (Wildman–Crippen LogP) is 2.69. The third-order valence-corrected chi connectivity index (χ3v) is 3.36. The lowest BCUT2D eigenvalue weighted by Crippen LogP contribution is -2.31. The molecule has 0 unspecified atom stereocenters. The van der Waals surface area contributed by atoms with Gasteiger partial charge in [-0.2, -0.15) is 0 Å². The van der Waals surface area contributed by atoms with Crippen molar-refractivity contribution in [2.24, 2.45) is 0 Å². The lowest BCUT2D eigenvalue weighted by atomic mass is 10.0. The van der Waals surface area contributed by atoms with Crippen LogP contribution in [0.4, 0.5) is 5.69 Å². The van der Waals surface area contributed by atoms with Crippen LogP contribution < -0.4 is 4.90 Å². The summed E-state index contributed by atoms with van der Waals surface area (Å²) < 4.78 is 10.4. The van der Waals surface area contributed by atoms with E-state index in [0.29, 0.717) is 28.1 Å². The molecule has 0 N–H and O–H groups in total. The molecule has 5 heteroatoms. The zero-order chi connectivity index (χ0) is 15.0. The van der Waals surface area contributed by atoms with Gasteiger partial charge in [0.15, 0.2) is 0 Å². The van der Waals surface area contributed by atoms with Gasteiger partial charge in [0.25, 0.3) is 5.91 Å². The predicted molar refractivity (Wildman–Crippen MR) is 77.1 cm³/mol. The first-order valence-electron chi connectivity index (χ1n) is 6.40. The maximum Gasteiger partial charge on any atom is 0.269 e. The first-order chi connectivity index (χ1) is 10.1. The van der Waals surface area contributed by atoms with Crippen LogP contribution in [0.15, 0.2) is 47.3 Å². The molecular weight excluding hydrogens is 270 g/mol. The third-order valence-electron chi connectivity index (χ3n) is 3.36. The van der Waals surface area contributed by atoms with Crippen LogP contribution in [0.2, 0.25) is 0 Å². The van der Waals surface area contributed by atoms with Crippen LogP contribution in [-0.4, -0.2) is 18.9 Å². The van der Waals surface area contributed by atoms with Crippen LogP contribution in [-0.2, 0) is 14.3 Å². The summed E-state index contributed by atoms with van der Waals surface area (Å²) >= 11 is 0. The number of benzene rings is 1. The van der Waals surface area contributed by atoms with E-state index < -0.39 is 0 Å². The standard InChI is InChI=1S/C16H13NO4/c1-10(18)17-13-6-4-3-5-12(13)14(16(17)19)15(20-2)11-7-8-21-9-11/h3-9H,1-2H3/b15-14+. The molecule has 0 aliphatic carbocycles. The molecule has 1 aromatic carbocycles. The lowest BCUT2D eigenvalue weighted by Gasteiger charge is -2.12. The summed E-state index contributed by atoms with van der Waals surface area (Å²) in [4.78, 5) is 25.6. The van der Waals surface area contributed by atoms with Crippen molar-refractivity contribution < 1.29 is 18.7 Å². The van der Waals surface area contributed by atoms with Crippen molar-refractivity contribution in [3.8, 4) is 0 Å². The maximum atomic E-state index is 12.6. The van der Waals surface area contributed by atoms with Gasteiger partial charge in [0, 0.05) is 12.5 Å². The summed E-state index contributed by atoms with van der Waals surface area (Å²) in [6, 6.07) is 8.85. The number of carbonyl (C=O) groups excluding carboxylic acids is 2. The molecular formula is C16H13NO4. The van der Waals surface area contributed by atoms with E-state index in [0.717, 1.165) is 4.90 Å². The van der Waals surface area contributed by atoms with Crippen molar-refractivity contribution in [1.82, 2.24) is 0 Å². The van der Waals surface area contributed by atoms with Gasteiger partial charge in [0.05, 0.1) is 30.2 Å². The molecule has 0 atom stereocenters. The van der Waals surface area contributed by atoms with E-state index in [1.165, 1.54) is 26.6 Å². The molecule has 0 saturated heterocycles. The van der Waals surface area contributed by atoms with Crippen LogP contribution in [0.5, 0.6) is 0 Å². The molecule has 106 valence electrons. The molecule has 3 rings (SSSR count). The number of rotatable bonds is 2. The number of amides is 2. The number of para-hydroxylation sites is 1. The Bertz CT molecular complexity index is 743. The second kappa shape index (κ2) is 4.94. The van der Waals surface area contributed by atoms with Crippen molar-refractivity contribution in [3.63, 3.8) is 0 Å². The quantitative estimate of drug-likeness (QED) is 0.628. The fourth-order valence-electron chi connectivity index (χ4n) is 2.51. The molecule has 0 bridgehead atoms. The number of anilines is 1. The average Bonchev–Trinajstić information content (AvgIpc) is 3.07. The monoisotopic (exact) mass is 283 g/mol. The summed E-state index contributed by atoms with van der Waals surface area (Å²) in [5.74, 6) is -0.322. The van der Waals surface area contributed by atoms with E-state index in [9.17, 15) is 9.59 Å². The largest absolute Gasteiger partial charge is 0.495 e. The number of furan rings is 1. The minimum atomic E-state index is -0.387. The van der Waals surface area contributed by atoms with Crippen molar-refractivity contribution >= 4 is 28.8 Å².